The van der Waals surface area contributed by atoms with E-state index in [9.17, 15) is 4.79 Å². The summed E-state index contributed by atoms with van der Waals surface area (Å²) < 4.78 is 11.1. The van der Waals surface area contributed by atoms with E-state index in [2.05, 4.69) is 11.4 Å². The topological polar surface area (TPSA) is 38.8 Å². The zero-order chi connectivity index (χ0) is 13.8. The Kier molecular flexibility index (Phi) is 4.70. The zero-order valence-corrected chi connectivity index (χ0v) is 12.4. The standard InChI is InChI=1S/C15H21NO3S/c17-14(4-3-13-2-1-11-20-13)16-7-5-12(6-8-16)15-18-9-10-19-15/h1-2,11-12,15H,3-10H2. The summed E-state index contributed by atoms with van der Waals surface area (Å²) in [7, 11) is 0. The minimum atomic E-state index is -0.0293. The predicted molar refractivity (Wildman–Crippen MR) is 77.6 cm³/mol. The van der Waals surface area contributed by atoms with Crippen LogP contribution in [0.15, 0.2) is 17.5 Å². The van der Waals surface area contributed by atoms with Crippen LogP contribution in [0.25, 0.3) is 0 Å². The smallest absolute Gasteiger partial charge is 0.222 e. The lowest BCUT2D eigenvalue weighted by Crippen LogP contribution is -2.41. The Balaban J connectivity index is 1.41. The SMILES string of the molecule is O=C(CCc1cccs1)N1CCC(C2OCCO2)CC1. The number of carbonyl (C=O) groups is 1. The molecule has 1 aromatic rings. The van der Waals surface area contributed by atoms with Gasteiger partial charge in [0.1, 0.15) is 0 Å². The number of hydrogen-bond donors (Lipinski definition) is 0. The van der Waals surface area contributed by atoms with Crippen LogP contribution in [0.2, 0.25) is 0 Å². The van der Waals surface area contributed by atoms with Crippen LogP contribution in [-0.4, -0.2) is 43.4 Å². The molecule has 2 aliphatic heterocycles. The summed E-state index contributed by atoms with van der Waals surface area (Å²) in [6.07, 6.45) is 3.45. The van der Waals surface area contributed by atoms with Crippen LogP contribution in [0.5, 0.6) is 0 Å². The van der Waals surface area contributed by atoms with Crippen molar-refractivity contribution in [2.24, 2.45) is 5.92 Å². The van der Waals surface area contributed by atoms with Crippen LogP contribution in [-0.2, 0) is 20.7 Å². The molecule has 2 saturated heterocycles. The first kappa shape index (κ1) is 14.0. The number of amides is 1. The fourth-order valence-electron chi connectivity index (χ4n) is 2.91. The molecular weight excluding hydrogens is 274 g/mol. The van der Waals surface area contributed by atoms with Crippen LogP contribution >= 0.6 is 11.3 Å². The molecule has 2 aliphatic rings. The molecule has 0 atom stereocenters. The molecule has 20 heavy (non-hydrogen) atoms. The Hall–Kier alpha value is -0.910. The lowest BCUT2D eigenvalue weighted by molar-refractivity contribution is -0.136. The molecule has 0 radical (unpaired) electrons. The van der Waals surface area contributed by atoms with Gasteiger partial charge in [0.25, 0.3) is 0 Å². The molecule has 0 N–H and O–H groups in total. The number of piperidine rings is 1. The molecule has 0 bridgehead atoms. The average Bonchev–Trinajstić information content (AvgIpc) is 3.18. The third-order valence-electron chi connectivity index (χ3n) is 4.09. The summed E-state index contributed by atoms with van der Waals surface area (Å²) in [5, 5.41) is 2.06. The highest BCUT2D eigenvalue weighted by Crippen LogP contribution is 2.26. The number of ether oxygens (including phenoxy) is 2. The molecule has 3 rings (SSSR count). The van der Waals surface area contributed by atoms with Gasteiger partial charge in [-0.2, -0.15) is 0 Å². The fourth-order valence-corrected chi connectivity index (χ4v) is 3.62. The van der Waals surface area contributed by atoms with E-state index in [0.29, 0.717) is 25.6 Å². The monoisotopic (exact) mass is 295 g/mol. The molecule has 3 heterocycles. The molecule has 2 fully saturated rings. The van der Waals surface area contributed by atoms with Gasteiger partial charge < -0.3 is 14.4 Å². The van der Waals surface area contributed by atoms with Crippen molar-refractivity contribution in [3.63, 3.8) is 0 Å². The summed E-state index contributed by atoms with van der Waals surface area (Å²) in [4.78, 5) is 15.5. The van der Waals surface area contributed by atoms with E-state index in [0.717, 1.165) is 32.4 Å². The van der Waals surface area contributed by atoms with E-state index in [4.69, 9.17) is 9.47 Å². The van der Waals surface area contributed by atoms with Gasteiger partial charge in [-0.3, -0.25) is 4.79 Å². The van der Waals surface area contributed by atoms with Crippen molar-refractivity contribution in [2.45, 2.75) is 32.0 Å². The van der Waals surface area contributed by atoms with Gasteiger partial charge in [0, 0.05) is 30.3 Å². The van der Waals surface area contributed by atoms with Gasteiger partial charge in [0.05, 0.1) is 13.2 Å². The quantitative estimate of drug-likeness (QED) is 0.855. The van der Waals surface area contributed by atoms with Gasteiger partial charge in [-0.15, -0.1) is 11.3 Å². The van der Waals surface area contributed by atoms with Crippen LogP contribution in [0, 0.1) is 5.92 Å². The summed E-state index contributed by atoms with van der Waals surface area (Å²) in [5.41, 5.74) is 0. The Labute approximate surface area is 123 Å². The molecule has 0 unspecified atom stereocenters. The number of thiophene rings is 1. The van der Waals surface area contributed by atoms with Crippen LogP contribution in [0.1, 0.15) is 24.1 Å². The van der Waals surface area contributed by atoms with Gasteiger partial charge in [-0.1, -0.05) is 6.07 Å². The molecule has 1 aromatic heterocycles. The van der Waals surface area contributed by atoms with E-state index in [1.54, 1.807) is 11.3 Å². The maximum absolute atomic E-state index is 12.2. The summed E-state index contributed by atoms with van der Waals surface area (Å²) >= 11 is 1.72. The third kappa shape index (κ3) is 3.40. The normalized spacial score (nSPS) is 21.5. The van der Waals surface area contributed by atoms with E-state index in [-0.39, 0.29) is 12.2 Å². The second kappa shape index (κ2) is 6.70. The lowest BCUT2D eigenvalue weighted by atomic mass is 9.96. The van der Waals surface area contributed by atoms with Gasteiger partial charge in [-0.25, -0.2) is 0 Å². The maximum Gasteiger partial charge on any atom is 0.222 e. The highest BCUT2D eigenvalue weighted by atomic mass is 32.1. The summed E-state index contributed by atoms with van der Waals surface area (Å²) in [6, 6.07) is 4.14. The van der Waals surface area contributed by atoms with Crippen LogP contribution in [0.3, 0.4) is 0 Å². The largest absolute Gasteiger partial charge is 0.350 e. The van der Waals surface area contributed by atoms with Crippen molar-refractivity contribution >= 4 is 17.2 Å². The Morgan fingerprint density at radius 1 is 1.30 bits per heavy atom. The molecule has 0 aliphatic carbocycles. The molecule has 1 amide bonds. The van der Waals surface area contributed by atoms with Crippen molar-refractivity contribution in [3.8, 4) is 0 Å². The Bertz CT molecular complexity index is 420. The first-order chi connectivity index (χ1) is 9.83. The van der Waals surface area contributed by atoms with Gasteiger partial charge in [-0.05, 0) is 30.7 Å². The number of carbonyl (C=O) groups excluding carboxylic acids is 1. The molecule has 110 valence electrons. The highest BCUT2D eigenvalue weighted by molar-refractivity contribution is 7.09. The average molecular weight is 295 g/mol. The third-order valence-corrected chi connectivity index (χ3v) is 5.03. The Morgan fingerprint density at radius 3 is 2.70 bits per heavy atom. The molecule has 5 heteroatoms. The van der Waals surface area contributed by atoms with Crippen molar-refractivity contribution in [2.75, 3.05) is 26.3 Å². The van der Waals surface area contributed by atoms with E-state index in [1.807, 2.05) is 11.0 Å². The number of aryl methyl sites for hydroxylation is 1. The number of hydrogen-bond acceptors (Lipinski definition) is 4. The maximum atomic E-state index is 12.2. The van der Waals surface area contributed by atoms with Gasteiger partial charge in [0.2, 0.25) is 5.91 Å². The van der Waals surface area contributed by atoms with Crippen molar-refractivity contribution < 1.29 is 14.3 Å². The molecular formula is C15H21NO3S. The second-order valence-electron chi connectivity index (χ2n) is 5.41. The fraction of sp³-hybridized carbons (Fsp3) is 0.667. The predicted octanol–water partition coefficient (Wildman–Crippen LogP) is 2.29. The van der Waals surface area contributed by atoms with Crippen molar-refractivity contribution in [1.29, 1.82) is 0 Å². The van der Waals surface area contributed by atoms with Gasteiger partial charge in [0.15, 0.2) is 6.29 Å². The van der Waals surface area contributed by atoms with E-state index in [1.165, 1.54) is 4.88 Å². The van der Waals surface area contributed by atoms with Crippen molar-refractivity contribution in [1.82, 2.24) is 4.90 Å². The molecule has 4 nitrogen and oxygen atoms in total. The number of rotatable bonds is 4. The van der Waals surface area contributed by atoms with Crippen LogP contribution in [0.4, 0.5) is 0 Å². The molecule has 0 aromatic carbocycles. The van der Waals surface area contributed by atoms with E-state index >= 15 is 0 Å². The minimum absolute atomic E-state index is 0.0293. The van der Waals surface area contributed by atoms with Crippen molar-refractivity contribution in [3.05, 3.63) is 22.4 Å². The Morgan fingerprint density at radius 2 is 2.05 bits per heavy atom. The zero-order valence-electron chi connectivity index (χ0n) is 11.6. The first-order valence-electron chi connectivity index (χ1n) is 7.36. The summed E-state index contributed by atoms with van der Waals surface area (Å²) in [6.45, 7) is 3.11. The molecule has 0 spiro atoms. The highest BCUT2D eigenvalue weighted by Gasteiger charge is 2.31. The second-order valence-corrected chi connectivity index (χ2v) is 6.44. The number of nitrogens with zero attached hydrogens (tertiary/aromatic N) is 1. The van der Waals surface area contributed by atoms with Crippen LogP contribution < -0.4 is 0 Å². The summed E-state index contributed by atoms with van der Waals surface area (Å²) in [5.74, 6) is 0.740. The van der Waals surface area contributed by atoms with E-state index < -0.39 is 0 Å². The first-order valence-corrected chi connectivity index (χ1v) is 8.24. The van der Waals surface area contributed by atoms with Gasteiger partial charge >= 0.3 is 0 Å². The lowest BCUT2D eigenvalue weighted by Gasteiger charge is -2.33. The number of likely N-dealkylation sites (tertiary alicyclic amines) is 1. The minimum Gasteiger partial charge on any atom is -0.350 e. The molecule has 0 saturated carbocycles.